The molecule has 2 rings (SSSR count). The van der Waals surface area contributed by atoms with Crippen molar-refractivity contribution in [2.45, 2.75) is 77.5 Å². The molecule has 9 nitrogen and oxygen atoms in total. The topological polar surface area (TPSA) is 128 Å². The van der Waals surface area contributed by atoms with Crippen LogP contribution in [-0.2, 0) is 19.2 Å². The molecule has 29 heavy (non-hydrogen) atoms. The summed E-state index contributed by atoms with van der Waals surface area (Å²) in [6.07, 6.45) is 2.69. The summed E-state index contributed by atoms with van der Waals surface area (Å²) in [5, 5.41) is 18.1. The minimum atomic E-state index is -1.03. The van der Waals surface area contributed by atoms with Crippen molar-refractivity contribution in [2.24, 2.45) is 11.8 Å². The number of carboxylic acid groups (broad SMARTS) is 1. The molecule has 2 aliphatic rings. The first-order valence-corrected chi connectivity index (χ1v) is 10.5. The van der Waals surface area contributed by atoms with Crippen LogP contribution in [0.5, 0.6) is 0 Å². The lowest BCUT2D eigenvalue weighted by Gasteiger charge is -2.31. The van der Waals surface area contributed by atoms with E-state index < -0.39 is 30.0 Å². The highest BCUT2D eigenvalue weighted by Gasteiger charge is 2.39. The van der Waals surface area contributed by atoms with Crippen molar-refractivity contribution in [3.63, 3.8) is 0 Å². The monoisotopic (exact) mass is 410 g/mol. The largest absolute Gasteiger partial charge is 0.480 e. The average molecular weight is 411 g/mol. The fourth-order valence-electron chi connectivity index (χ4n) is 3.92. The molecule has 0 aromatic rings. The highest BCUT2D eigenvalue weighted by molar-refractivity contribution is 5.94. The van der Waals surface area contributed by atoms with Gasteiger partial charge in [0.2, 0.25) is 17.7 Å². The second-order valence-electron chi connectivity index (χ2n) is 8.64. The van der Waals surface area contributed by atoms with E-state index in [0.29, 0.717) is 19.4 Å². The van der Waals surface area contributed by atoms with Gasteiger partial charge in [-0.2, -0.15) is 0 Å². The lowest BCUT2D eigenvalue weighted by Crippen LogP contribution is -2.59. The Morgan fingerprint density at radius 3 is 2.14 bits per heavy atom. The molecule has 0 aromatic heterocycles. The van der Waals surface area contributed by atoms with Gasteiger partial charge in [-0.1, -0.05) is 27.7 Å². The van der Waals surface area contributed by atoms with Crippen LogP contribution < -0.4 is 16.0 Å². The first-order chi connectivity index (χ1) is 13.6. The van der Waals surface area contributed by atoms with Crippen molar-refractivity contribution < 1.29 is 24.3 Å². The van der Waals surface area contributed by atoms with E-state index in [2.05, 4.69) is 16.0 Å². The van der Waals surface area contributed by atoms with Crippen LogP contribution in [0.1, 0.15) is 53.4 Å². The van der Waals surface area contributed by atoms with E-state index in [1.54, 1.807) is 13.8 Å². The van der Waals surface area contributed by atoms with E-state index in [9.17, 15) is 24.3 Å². The van der Waals surface area contributed by atoms with Crippen molar-refractivity contribution >= 4 is 23.7 Å². The maximum absolute atomic E-state index is 13.0. The number of rotatable bonds is 8. The minimum absolute atomic E-state index is 0.165. The number of likely N-dealkylation sites (tertiary alicyclic amines) is 1. The number of carboxylic acids is 1. The number of amides is 3. The maximum Gasteiger partial charge on any atom is 0.326 e. The first-order valence-electron chi connectivity index (χ1n) is 10.5. The van der Waals surface area contributed by atoms with Gasteiger partial charge in [-0.25, -0.2) is 4.79 Å². The van der Waals surface area contributed by atoms with Crippen molar-refractivity contribution in [3.8, 4) is 0 Å². The number of hydrogen-bond acceptors (Lipinski definition) is 5. The molecule has 0 spiro atoms. The molecule has 2 aliphatic heterocycles. The third-order valence-electron chi connectivity index (χ3n) is 5.68. The molecular formula is C20H34N4O5. The van der Waals surface area contributed by atoms with Gasteiger partial charge in [-0.05, 0) is 44.1 Å². The first kappa shape index (κ1) is 23.1. The number of carbonyl (C=O) groups is 4. The average Bonchev–Trinajstić information content (AvgIpc) is 3.34. The van der Waals surface area contributed by atoms with Crippen molar-refractivity contribution in [1.82, 2.24) is 20.9 Å². The van der Waals surface area contributed by atoms with Crippen LogP contribution in [-0.4, -0.2) is 71.0 Å². The van der Waals surface area contributed by atoms with Crippen LogP contribution >= 0.6 is 0 Å². The van der Waals surface area contributed by atoms with Crippen LogP contribution in [0.2, 0.25) is 0 Å². The van der Waals surface area contributed by atoms with E-state index >= 15 is 0 Å². The van der Waals surface area contributed by atoms with E-state index in [1.165, 1.54) is 4.90 Å². The van der Waals surface area contributed by atoms with Crippen LogP contribution in [0.3, 0.4) is 0 Å². The van der Waals surface area contributed by atoms with E-state index in [4.69, 9.17) is 0 Å². The number of aliphatic carboxylic acids is 1. The predicted octanol–water partition coefficient (Wildman–Crippen LogP) is 0.0956. The smallest absolute Gasteiger partial charge is 0.326 e. The Bertz CT molecular complexity index is 630. The molecule has 3 amide bonds. The molecule has 0 radical (unpaired) electrons. The summed E-state index contributed by atoms with van der Waals surface area (Å²) in [4.78, 5) is 51.2. The van der Waals surface area contributed by atoms with Crippen LogP contribution in [0, 0.1) is 11.8 Å². The van der Waals surface area contributed by atoms with Crippen molar-refractivity contribution in [2.75, 3.05) is 13.1 Å². The minimum Gasteiger partial charge on any atom is -0.480 e. The zero-order valence-electron chi connectivity index (χ0n) is 17.7. The molecule has 0 bridgehead atoms. The standard InChI is InChI=1S/C20H34N4O5/c1-11(2)15(22-17(25)13-7-5-9-21-13)18(26)23-16(12(3)4)19(27)24-10-6-8-14(24)20(28)29/h11-16,21H,5-10H2,1-4H3,(H,22,25)(H,23,26)(H,28,29)/t13-,14-,15-,16-/m0/s1. The van der Waals surface area contributed by atoms with Crippen molar-refractivity contribution in [1.29, 1.82) is 0 Å². The number of carbonyl (C=O) groups excluding carboxylic acids is 3. The second kappa shape index (κ2) is 10.0. The number of nitrogens with one attached hydrogen (secondary N) is 3. The normalized spacial score (nSPS) is 23.9. The summed E-state index contributed by atoms with van der Waals surface area (Å²) in [5.41, 5.74) is 0. The fourth-order valence-corrected chi connectivity index (χ4v) is 3.92. The van der Waals surface area contributed by atoms with Gasteiger partial charge in [0.25, 0.3) is 0 Å². The second-order valence-corrected chi connectivity index (χ2v) is 8.64. The Labute approximate surface area is 172 Å². The molecule has 9 heteroatoms. The summed E-state index contributed by atoms with van der Waals surface area (Å²) < 4.78 is 0. The molecular weight excluding hydrogens is 376 g/mol. The van der Waals surface area contributed by atoms with Gasteiger partial charge in [-0.3, -0.25) is 14.4 Å². The van der Waals surface area contributed by atoms with Gasteiger partial charge in [0.05, 0.1) is 6.04 Å². The van der Waals surface area contributed by atoms with E-state index in [0.717, 1.165) is 19.4 Å². The molecule has 0 aromatic carbocycles. The molecule has 0 aliphatic carbocycles. The molecule has 0 saturated carbocycles. The third kappa shape index (κ3) is 5.68. The van der Waals surface area contributed by atoms with Crippen molar-refractivity contribution in [3.05, 3.63) is 0 Å². The van der Waals surface area contributed by atoms with Gasteiger partial charge in [0.1, 0.15) is 18.1 Å². The van der Waals surface area contributed by atoms with Crippen LogP contribution in [0.15, 0.2) is 0 Å². The highest BCUT2D eigenvalue weighted by Crippen LogP contribution is 2.20. The molecule has 2 heterocycles. The summed E-state index contributed by atoms with van der Waals surface area (Å²) in [7, 11) is 0. The number of nitrogens with zero attached hydrogens (tertiary/aromatic N) is 1. The van der Waals surface area contributed by atoms with Gasteiger partial charge >= 0.3 is 5.97 Å². The molecule has 4 atom stereocenters. The zero-order chi connectivity index (χ0) is 21.7. The Morgan fingerprint density at radius 2 is 1.62 bits per heavy atom. The summed E-state index contributed by atoms with van der Waals surface area (Å²) in [6.45, 7) is 8.42. The Kier molecular flexibility index (Phi) is 8.01. The van der Waals surface area contributed by atoms with Gasteiger partial charge in [0.15, 0.2) is 0 Å². The quantitative estimate of drug-likeness (QED) is 0.449. The number of hydrogen-bond donors (Lipinski definition) is 4. The third-order valence-corrected chi connectivity index (χ3v) is 5.68. The fraction of sp³-hybridized carbons (Fsp3) is 0.800. The molecule has 164 valence electrons. The van der Waals surface area contributed by atoms with E-state index in [1.807, 2.05) is 13.8 Å². The highest BCUT2D eigenvalue weighted by atomic mass is 16.4. The summed E-state index contributed by atoms with van der Waals surface area (Å²) >= 11 is 0. The summed E-state index contributed by atoms with van der Waals surface area (Å²) in [5.74, 6) is -2.44. The Hall–Kier alpha value is -2.16. The molecule has 4 N–H and O–H groups in total. The molecule has 0 unspecified atom stereocenters. The summed E-state index contributed by atoms with van der Waals surface area (Å²) in [6, 6.07) is -2.76. The lowest BCUT2D eigenvalue weighted by atomic mass is 9.98. The predicted molar refractivity (Wildman–Crippen MR) is 107 cm³/mol. The van der Waals surface area contributed by atoms with Gasteiger partial charge in [-0.15, -0.1) is 0 Å². The van der Waals surface area contributed by atoms with Crippen LogP contribution in [0.4, 0.5) is 0 Å². The SMILES string of the molecule is CC(C)[C@H](NC(=O)[C@@H]1CCCN1)C(=O)N[C@H](C(=O)N1CCC[C@H]1C(=O)O)C(C)C. The zero-order valence-corrected chi connectivity index (χ0v) is 17.7. The maximum atomic E-state index is 13.0. The molecule has 2 saturated heterocycles. The lowest BCUT2D eigenvalue weighted by molar-refractivity contribution is -0.150. The van der Waals surface area contributed by atoms with Gasteiger partial charge in [0, 0.05) is 6.54 Å². The Morgan fingerprint density at radius 1 is 0.966 bits per heavy atom. The van der Waals surface area contributed by atoms with E-state index in [-0.39, 0.29) is 29.7 Å². The molecule has 2 fully saturated rings. The Balaban J connectivity index is 2.08. The van der Waals surface area contributed by atoms with Gasteiger partial charge < -0.3 is 26.0 Å². The van der Waals surface area contributed by atoms with Crippen LogP contribution in [0.25, 0.3) is 0 Å².